The molecule has 1 aliphatic heterocycles. The smallest absolute Gasteiger partial charge is 0.305 e. The summed E-state index contributed by atoms with van der Waals surface area (Å²) in [7, 11) is 1.37. The quantitative estimate of drug-likeness (QED) is 0.595. The largest absolute Gasteiger partial charge is 0.469 e. The minimum absolute atomic E-state index is 0.0137. The van der Waals surface area contributed by atoms with E-state index in [1.165, 1.54) is 16.8 Å². The number of fused-ring (bicyclic) bond motifs is 1. The van der Waals surface area contributed by atoms with Gasteiger partial charge in [0, 0.05) is 25.4 Å². The summed E-state index contributed by atoms with van der Waals surface area (Å²) in [6.07, 6.45) is 3.14. The Bertz CT molecular complexity index is 728. The van der Waals surface area contributed by atoms with Gasteiger partial charge in [-0.1, -0.05) is 12.1 Å². The molecule has 0 bridgehead atoms. The molecule has 1 atom stereocenters. The summed E-state index contributed by atoms with van der Waals surface area (Å²) in [6.45, 7) is 2.72. The maximum absolute atomic E-state index is 12.1. The highest BCUT2D eigenvalue weighted by Gasteiger charge is 2.25. The SMILES string of the molecule is COC(=O)CCCNC(=O)CN1CCC[C@@H](c2nc3ccccc3s2)C1. The van der Waals surface area contributed by atoms with Crippen LogP contribution in [-0.4, -0.2) is 55.0 Å². The molecule has 1 aliphatic rings. The lowest BCUT2D eigenvalue weighted by Gasteiger charge is -2.31. The van der Waals surface area contributed by atoms with Gasteiger partial charge in [0.2, 0.25) is 5.91 Å². The first-order valence-electron chi connectivity index (χ1n) is 9.07. The third-order valence-electron chi connectivity index (χ3n) is 4.64. The number of benzene rings is 1. The van der Waals surface area contributed by atoms with Gasteiger partial charge in [-0.15, -0.1) is 11.3 Å². The standard InChI is InChI=1S/C19H25N3O3S/c1-25-18(24)9-4-10-20-17(23)13-22-11-5-6-14(12-22)19-21-15-7-2-3-8-16(15)26-19/h2-3,7-8,14H,4-6,9-13H2,1H3,(H,20,23)/t14-/m1/s1. The van der Waals surface area contributed by atoms with Crippen molar-refractivity contribution < 1.29 is 14.3 Å². The minimum atomic E-state index is -0.242. The monoisotopic (exact) mass is 375 g/mol. The number of esters is 1. The molecule has 0 spiro atoms. The van der Waals surface area contributed by atoms with E-state index in [0.29, 0.717) is 31.8 Å². The predicted octanol–water partition coefficient (Wildman–Crippen LogP) is 2.55. The molecule has 1 aromatic heterocycles. The van der Waals surface area contributed by atoms with Crippen LogP contribution in [0.25, 0.3) is 10.2 Å². The zero-order valence-electron chi connectivity index (χ0n) is 15.1. The highest BCUT2D eigenvalue weighted by molar-refractivity contribution is 7.18. The van der Waals surface area contributed by atoms with Crippen LogP contribution < -0.4 is 5.32 Å². The number of para-hydroxylation sites is 1. The second-order valence-electron chi connectivity index (χ2n) is 6.62. The second-order valence-corrected chi connectivity index (χ2v) is 7.69. The zero-order valence-corrected chi connectivity index (χ0v) is 15.9. The van der Waals surface area contributed by atoms with Crippen LogP contribution in [0.3, 0.4) is 0 Å². The normalized spacial score (nSPS) is 18.0. The van der Waals surface area contributed by atoms with Gasteiger partial charge in [-0.05, 0) is 37.9 Å². The highest BCUT2D eigenvalue weighted by atomic mass is 32.1. The molecular weight excluding hydrogens is 350 g/mol. The average Bonchev–Trinajstić information content (AvgIpc) is 3.09. The molecule has 3 rings (SSSR count). The molecule has 1 N–H and O–H groups in total. The second kappa shape index (κ2) is 9.09. The number of piperidine rings is 1. The van der Waals surface area contributed by atoms with Gasteiger partial charge in [-0.3, -0.25) is 14.5 Å². The highest BCUT2D eigenvalue weighted by Crippen LogP contribution is 2.32. The molecule has 0 saturated carbocycles. The Labute approximate surface area is 157 Å². The Morgan fingerprint density at radius 2 is 2.23 bits per heavy atom. The maximum atomic E-state index is 12.1. The van der Waals surface area contributed by atoms with Gasteiger partial charge >= 0.3 is 5.97 Å². The number of nitrogens with zero attached hydrogens (tertiary/aromatic N) is 2. The van der Waals surface area contributed by atoms with Crippen molar-refractivity contribution >= 4 is 33.4 Å². The number of carbonyl (C=O) groups excluding carboxylic acids is 2. The number of hydrogen-bond acceptors (Lipinski definition) is 6. The van der Waals surface area contributed by atoms with Crippen LogP contribution in [0.15, 0.2) is 24.3 Å². The van der Waals surface area contributed by atoms with Crippen LogP contribution in [0, 0.1) is 0 Å². The number of carbonyl (C=O) groups is 2. The summed E-state index contributed by atoms with van der Waals surface area (Å²) in [6, 6.07) is 8.22. The number of ether oxygens (including phenoxy) is 1. The van der Waals surface area contributed by atoms with E-state index in [9.17, 15) is 9.59 Å². The van der Waals surface area contributed by atoms with Crippen molar-refractivity contribution in [3.05, 3.63) is 29.3 Å². The Balaban J connectivity index is 1.47. The molecular formula is C19H25N3O3S. The number of amides is 1. The Hall–Kier alpha value is -1.99. The molecule has 1 saturated heterocycles. The summed E-state index contributed by atoms with van der Waals surface area (Å²) < 4.78 is 5.81. The van der Waals surface area contributed by atoms with Gasteiger partial charge in [0.1, 0.15) is 0 Å². The van der Waals surface area contributed by atoms with Crippen LogP contribution >= 0.6 is 11.3 Å². The lowest BCUT2D eigenvalue weighted by atomic mass is 9.99. The molecule has 0 unspecified atom stereocenters. The van der Waals surface area contributed by atoms with Crippen LogP contribution in [0.2, 0.25) is 0 Å². The average molecular weight is 375 g/mol. The Morgan fingerprint density at radius 3 is 3.04 bits per heavy atom. The van der Waals surface area contributed by atoms with Crippen molar-refractivity contribution in [1.82, 2.24) is 15.2 Å². The Morgan fingerprint density at radius 1 is 1.38 bits per heavy atom. The molecule has 7 heteroatoms. The van der Waals surface area contributed by atoms with Gasteiger partial charge in [-0.2, -0.15) is 0 Å². The molecule has 6 nitrogen and oxygen atoms in total. The van der Waals surface area contributed by atoms with Gasteiger partial charge in [-0.25, -0.2) is 4.98 Å². The number of rotatable bonds is 7. The van der Waals surface area contributed by atoms with Gasteiger partial charge < -0.3 is 10.1 Å². The van der Waals surface area contributed by atoms with Gasteiger partial charge in [0.15, 0.2) is 0 Å². The van der Waals surface area contributed by atoms with Crippen molar-refractivity contribution in [2.45, 2.75) is 31.6 Å². The van der Waals surface area contributed by atoms with Crippen LogP contribution in [0.1, 0.15) is 36.6 Å². The number of methoxy groups -OCH3 is 1. The maximum Gasteiger partial charge on any atom is 0.305 e. The van der Waals surface area contributed by atoms with Gasteiger partial charge in [0.25, 0.3) is 0 Å². The minimum Gasteiger partial charge on any atom is -0.469 e. The first-order valence-corrected chi connectivity index (χ1v) is 9.88. The van der Waals surface area contributed by atoms with E-state index in [4.69, 9.17) is 4.98 Å². The van der Waals surface area contributed by atoms with E-state index in [2.05, 4.69) is 27.1 Å². The molecule has 0 radical (unpaired) electrons. The number of hydrogen-bond donors (Lipinski definition) is 1. The number of aromatic nitrogens is 1. The van der Waals surface area contributed by atoms with Crippen molar-refractivity contribution in [1.29, 1.82) is 0 Å². The molecule has 1 aromatic carbocycles. The summed E-state index contributed by atoms with van der Waals surface area (Å²) in [5.41, 5.74) is 1.06. The summed E-state index contributed by atoms with van der Waals surface area (Å²) in [5.74, 6) is 0.169. The van der Waals surface area contributed by atoms with E-state index < -0.39 is 0 Å². The predicted molar refractivity (Wildman–Crippen MR) is 102 cm³/mol. The molecule has 140 valence electrons. The third kappa shape index (κ3) is 5.02. The van der Waals surface area contributed by atoms with Crippen molar-refractivity contribution in [3.63, 3.8) is 0 Å². The van der Waals surface area contributed by atoms with Crippen molar-refractivity contribution in [2.24, 2.45) is 0 Å². The molecule has 1 fully saturated rings. The lowest BCUT2D eigenvalue weighted by Crippen LogP contribution is -2.42. The van der Waals surface area contributed by atoms with Crippen molar-refractivity contribution in [3.8, 4) is 0 Å². The van der Waals surface area contributed by atoms with Gasteiger partial charge in [0.05, 0.1) is 28.9 Å². The first kappa shape index (κ1) is 18.8. The molecule has 2 heterocycles. The lowest BCUT2D eigenvalue weighted by molar-refractivity contribution is -0.140. The summed E-state index contributed by atoms with van der Waals surface area (Å²) >= 11 is 1.76. The van der Waals surface area contributed by atoms with Crippen LogP contribution in [0.4, 0.5) is 0 Å². The zero-order chi connectivity index (χ0) is 18.4. The van der Waals surface area contributed by atoms with E-state index >= 15 is 0 Å². The first-order chi connectivity index (χ1) is 12.7. The van der Waals surface area contributed by atoms with E-state index in [1.54, 1.807) is 11.3 Å². The fourth-order valence-corrected chi connectivity index (χ4v) is 4.38. The van der Waals surface area contributed by atoms with Crippen LogP contribution in [0.5, 0.6) is 0 Å². The van der Waals surface area contributed by atoms with Crippen LogP contribution in [-0.2, 0) is 14.3 Å². The number of nitrogens with one attached hydrogen (secondary N) is 1. The van der Waals surface area contributed by atoms with E-state index in [1.807, 2.05) is 12.1 Å². The topological polar surface area (TPSA) is 71.5 Å². The van der Waals surface area contributed by atoms with E-state index in [0.717, 1.165) is 31.4 Å². The molecule has 1 amide bonds. The Kier molecular flexibility index (Phi) is 6.57. The fraction of sp³-hybridized carbons (Fsp3) is 0.526. The molecule has 2 aromatic rings. The number of likely N-dealkylation sites (tertiary alicyclic amines) is 1. The van der Waals surface area contributed by atoms with Crippen molar-refractivity contribution in [2.75, 3.05) is 33.3 Å². The van der Waals surface area contributed by atoms with E-state index in [-0.39, 0.29) is 11.9 Å². The molecule has 0 aliphatic carbocycles. The summed E-state index contributed by atoms with van der Waals surface area (Å²) in [5, 5.41) is 4.06. The third-order valence-corrected chi connectivity index (χ3v) is 5.84. The fourth-order valence-electron chi connectivity index (χ4n) is 3.29. The number of thiazole rings is 1. The summed E-state index contributed by atoms with van der Waals surface area (Å²) in [4.78, 5) is 30.2. The molecule has 26 heavy (non-hydrogen) atoms.